The number of nitrogens with one attached hydrogen (secondary N) is 2. The number of hydrogen-bond acceptors (Lipinski definition) is 4. The molecule has 2 saturated heterocycles. The summed E-state index contributed by atoms with van der Waals surface area (Å²) in [6.45, 7) is 2.86. The fraction of sp³-hybridized carbons (Fsp3) is 0.500. The van der Waals surface area contributed by atoms with Crippen molar-refractivity contribution in [2.24, 2.45) is 5.92 Å². The maximum atomic E-state index is 12.8. The van der Waals surface area contributed by atoms with E-state index in [1.54, 1.807) is 24.3 Å². The van der Waals surface area contributed by atoms with Gasteiger partial charge in [0.05, 0.1) is 6.04 Å². The van der Waals surface area contributed by atoms with Crippen LogP contribution in [0.25, 0.3) is 11.0 Å². The molecule has 2 aliphatic rings. The van der Waals surface area contributed by atoms with Crippen LogP contribution in [0.3, 0.4) is 0 Å². The molecule has 2 unspecified atom stereocenters. The third kappa shape index (κ3) is 4.62. The highest BCUT2D eigenvalue weighted by atomic mass is 35.5. The van der Waals surface area contributed by atoms with Crippen molar-refractivity contribution in [1.82, 2.24) is 15.5 Å². The van der Waals surface area contributed by atoms with Gasteiger partial charge in [0.2, 0.25) is 5.91 Å². The van der Waals surface area contributed by atoms with E-state index in [1.807, 2.05) is 4.90 Å². The van der Waals surface area contributed by atoms with Crippen LogP contribution in [0, 0.1) is 5.92 Å². The first-order valence-corrected chi connectivity index (χ1v) is 9.97. The Hall–Kier alpha value is -1.76. The number of hydrogen-bond donors (Lipinski definition) is 2. The van der Waals surface area contributed by atoms with Crippen LogP contribution in [0.1, 0.15) is 36.2 Å². The van der Waals surface area contributed by atoms with Gasteiger partial charge >= 0.3 is 0 Å². The first-order valence-electron chi connectivity index (χ1n) is 9.59. The van der Waals surface area contributed by atoms with Crippen LogP contribution < -0.4 is 10.6 Å². The molecule has 2 aromatic rings. The van der Waals surface area contributed by atoms with Gasteiger partial charge in [0.1, 0.15) is 5.58 Å². The van der Waals surface area contributed by atoms with Crippen molar-refractivity contribution in [2.45, 2.75) is 31.7 Å². The number of benzene rings is 1. The molecule has 2 amide bonds. The summed E-state index contributed by atoms with van der Waals surface area (Å²) in [7, 11) is 0. The highest BCUT2D eigenvalue weighted by Gasteiger charge is 2.28. The number of nitrogens with zero attached hydrogens (tertiary/aromatic N) is 1. The van der Waals surface area contributed by atoms with Crippen LogP contribution in [0.2, 0.25) is 5.02 Å². The molecule has 1 aromatic heterocycles. The van der Waals surface area contributed by atoms with Crippen LogP contribution in [-0.2, 0) is 4.79 Å². The molecule has 3 heterocycles. The number of fused-ring (bicyclic) bond motifs is 1. The van der Waals surface area contributed by atoms with Crippen molar-refractivity contribution in [3.63, 3.8) is 0 Å². The molecule has 152 valence electrons. The number of carbonyl (C=O) groups excluding carboxylic acids is 2. The average molecular weight is 426 g/mol. The third-order valence-electron chi connectivity index (χ3n) is 5.44. The lowest BCUT2D eigenvalue weighted by Crippen LogP contribution is -2.46. The van der Waals surface area contributed by atoms with Gasteiger partial charge in [-0.2, -0.15) is 0 Å². The molecule has 1 aromatic carbocycles. The Balaban J connectivity index is 0.00000225. The standard InChI is InChI=1S/C20H24ClN3O3.ClH/c21-15-5-6-17-14(9-15)10-18(27-17)20(26)24-8-2-3-13(12-24)11-23-19(25)16-4-1-7-22-16;/h5-6,9-10,13,16,22H,1-4,7-8,11-12H2,(H,23,25);1H. The lowest BCUT2D eigenvalue weighted by molar-refractivity contribution is -0.123. The second kappa shape index (κ2) is 9.16. The minimum atomic E-state index is -0.101. The number of rotatable bonds is 4. The molecule has 2 N–H and O–H groups in total. The smallest absolute Gasteiger partial charge is 0.289 e. The molecule has 2 aliphatic heterocycles. The second-order valence-corrected chi connectivity index (χ2v) is 7.88. The first-order chi connectivity index (χ1) is 13.1. The SMILES string of the molecule is Cl.O=C(NCC1CCCN(C(=O)c2cc3cc(Cl)ccc3o2)C1)C1CCCN1. The fourth-order valence-corrected chi connectivity index (χ4v) is 4.15. The third-order valence-corrected chi connectivity index (χ3v) is 5.67. The summed E-state index contributed by atoms with van der Waals surface area (Å²) >= 11 is 6.01. The van der Waals surface area contributed by atoms with Gasteiger partial charge in [-0.25, -0.2) is 0 Å². The number of carbonyl (C=O) groups is 2. The summed E-state index contributed by atoms with van der Waals surface area (Å²) in [5.41, 5.74) is 0.660. The van der Waals surface area contributed by atoms with Crippen molar-refractivity contribution in [3.05, 3.63) is 35.0 Å². The second-order valence-electron chi connectivity index (χ2n) is 7.45. The maximum absolute atomic E-state index is 12.8. The van der Waals surface area contributed by atoms with E-state index in [4.69, 9.17) is 16.0 Å². The van der Waals surface area contributed by atoms with Crippen LogP contribution in [0.5, 0.6) is 0 Å². The van der Waals surface area contributed by atoms with Crippen molar-refractivity contribution in [3.8, 4) is 0 Å². The lowest BCUT2D eigenvalue weighted by atomic mass is 9.97. The summed E-state index contributed by atoms with van der Waals surface area (Å²) in [5, 5.41) is 7.70. The maximum Gasteiger partial charge on any atom is 0.289 e. The molecule has 6 nitrogen and oxygen atoms in total. The minimum Gasteiger partial charge on any atom is -0.451 e. The predicted molar refractivity (Wildman–Crippen MR) is 111 cm³/mol. The van der Waals surface area contributed by atoms with Crippen molar-refractivity contribution >= 4 is 46.8 Å². The van der Waals surface area contributed by atoms with E-state index in [0.717, 1.165) is 37.6 Å². The Kier molecular flexibility index (Phi) is 6.86. The zero-order chi connectivity index (χ0) is 18.8. The van der Waals surface area contributed by atoms with Crippen molar-refractivity contribution < 1.29 is 14.0 Å². The van der Waals surface area contributed by atoms with Gasteiger partial charge in [0, 0.05) is 30.0 Å². The summed E-state index contributed by atoms with van der Waals surface area (Å²) in [4.78, 5) is 26.8. The number of piperidine rings is 1. The van der Waals surface area contributed by atoms with E-state index < -0.39 is 0 Å². The number of amides is 2. The van der Waals surface area contributed by atoms with Crippen LogP contribution in [0.4, 0.5) is 0 Å². The van der Waals surface area contributed by atoms with E-state index in [2.05, 4.69) is 10.6 Å². The Bertz CT molecular complexity index is 848. The fourth-order valence-electron chi connectivity index (χ4n) is 3.97. The summed E-state index contributed by atoms with van der Waals surface area (Å²) in [5.74, 6) is 0.583. The van der Waals surface area contributed by atoms with Crippen molar-refractivity contribution in [2.75, 3.05) is 26.2 Å². The summed E-state index contributed by atoms with van der Waals surface area (Å²) < 4.78 is 5.71. The van der Waals surface area contributed by atoms with E-state index in [0.29, 0.717) is 36.0 Å². The van der Waals surface area contributed by atoms with Gasteiger partial charge in [0.15, 0.2) is 5.76 Å². The van der Waals surface area contributed by atoms with Gasteiger partial charge < -0.3 is 20.0 Å². The molecule has 0 saturated carbocycles. The molecule has 0 aliphatic carbocycles. The lowest BCUT2D eigenvalue weighted by Gasteiger charge is -2.32. The normalized spacial score (nSPS) is 22.1. The Morgan fingerprint density at radius 3 is 2.89 bits per heavy atom. The number of furan rings is 1. The largest absolute Gasteiger partial charge is 0.451 e. The van der Waals surface area contributed by atoms with E-state index in [9.17, 15) is 9.59 Å². The topological polar surface area (TPSA) is 74.6 Å². The molecule has 0 spiro atoms. The van der Waals surface area contributed by atoms with Crippen LogP contribution >= 0.6 is 24.0 Å². The summed E-state index contributed by atoms with van der Waals surface area (Å²) in [6.07, 6.45) is 3.89. The highest BCUT2D eigenvalue weighted by molar-refractivity contribution is 6.31. The zero-order valence-electron chi connectivity index (χ0n) is 15.6. The van der Waals surface area contributed by atoms with E-state index in [1.165, 1.54) is 0 Å². The molecule has 0 bridgehead atoms. The van der Waals surface area contributed by atoms with E-state index in [-0.39, 0.29) is 36.2 Å². The quantitative estimate of drug-likeness (QED) is 0.788. The van der Waals surface area contributed by atoms with Gasteiger partial charge in [0.25, 0.3) is 5.91 Å². The molecule has 2 fully saturated rings. The van der Waals surface area contributed by atoms with Crippen LogP contribution in [0.15, 0.2) is 28.7 Å². The Morgan fingerprint density at radius 2 is 2.11 bits per heavy atom. The molecular formula is C20H25Cl2N3O3. The molecule has 4 rings (SSSR count). The Morgan fingerprint density at radius 1 is 1.25 bits per heavy atom. The molecule has 8 heteroatoms. The minimum absolute atomic E-state index is 0. The number of likely N-dealkylation sites (tertiary alicyclic amines) is 1. The predicted octanol–water partition coefficient (Wildman–Crippen LogP) is 3.23. The summed E-state index contributed by atoms with van der Waals surface area (Å²) in [6, 6.07) is 7.01. The molecular weight excluding hydrogens is 401 g/mol. The highest BCUT2D eigenvalue weighted by Crippen LogP contribution is 2.25. The molecule has 0 radical (unpaired) electrons. The first kappa shape index (κ1) is 21.0. The van der Waals surface area contributed by atoms with Gasteiger partial charge in [-0.15, -0.1) is 12.4 Å². The van der Waals surface area contributed by atoms with Gasteiger partial charge in [-0.1, -0.05) is 11.6 Å². The molecule has 2 atom stereocenters. The zero-order valence-corrected chi connectivity index (χ0v) is 17.2. The number of halogens is 2. The average Bonchev–Trinajstić information content (AvgIpc) is 3.35. The monoisotopic (exact) mass is 425 g/mol. The van der Waals surface area contributed by atoms with E-state index >= 15 is 0 Å². The van der Waals surface area contributed by atoms with Gasteiger partial charge in [-0.05, 0) is 62.4 Å². The van der Waals surface area contributed by atoms with Gasteiger partial charge in [-0.3, -0.25) is 9.59 Å². The Labute approximate surface area is 175 Å². The molecule has 28 heavy (non-hydrogen) atoms. The van der Waals surface area contributed by atoms with Crippen molar-refractivity contribution in [1.29, 1.82) is 0 Å². The van der Waals surface area contributed by atoms with Crippen LogP contribution in [-0.4, -0.2) is 48.9 Å².